The molecule has 1 saturated heterocycles. The van der Waals surface area contributed by atoms with Crippen molar-refractivity contribution in [3.8, 4) is 0 Å². The third-order valence-electron chi connectivity index (χ3n) is 4.84. The summed E-state index contributed by atoms with van der Waals surface area (Å²) < 4.78 is 0. The van der Waals surface area contributed by atoms with Gasteiger partial charge in [0, 0.05) is 30.2 Å². The molecule has 3 rings (SSSR count). The highest BCUT2D eigenvalue weighted by atomic mass is 35.5. The van der Waals surface area contributed by atoms with Gasteiger partial charge in [0.25, 0.3) is 0 Å². The Morgan fingerprint density at radius 2 is 1.75 bits per heavy atom. The summed E-state index contributed by atoms with van der Waals surface area (Å²) in [5.41, 5.74) is 8.39. The molecule has 0 aromatic heterocycles. The molecule has 0 saturated carbocycles. The number of nitrogens with zero attached hydrogens (tertiary/aromatic N) is 1. The van der Waals surface area contributed by atoms with E-state index in [1.807, 2.05) is 30.3 Å². The van der Waals surface area contributed by atoms with Crippen LogP contribution in [0.2, 0.25) is 5.02 Å². The number of piperidine rings is 1. The Labute approximate surface area is 170 Å². The molecular weight excluding hydrogens is 376 g/mol. The lowest BCUT2D eigenvalue weighted by Crippen LogP contribution is -2.33. The smallest absolute Gasteiger partial charge is 0.319 e. The number of hydrogen-bond donors (Lipinski definition) is 3. The maximum Gasteiger partial charge on any atom is 0.319 e. The zero-order valence-corrected chi connectivity index (χ0v) is 16.5. The summed E-state index contributed by atoms with van der Waals surface area (Å²) in [7, 11) is 0. The summed E-state index contributed by atoms with van der Waals surface area (Å²) in [6.07, 6.45) is 4.14. The van der Waals surface area contributed by atoms with E-state index in [9.17, 15) is 9.59 Å². The van der Waals surface area contributed by atoms with Crippen molar-refractivity contribution in [2.24, 2.45) is 5.73 Å². The van der Waals surface area contributed by atoms with Crippen LogP contribution in [0.5, 0.6) is 0 Å². The van der Waals surface area contributed by atoms with Crippen molar-refractivity contribution >= 4 is 34.9 Å². The average molecular weight is 401 g/mol. The molecule has 0 atom stereocenters. The third-order valence-corrected chi connectivity index (χ3v) is 5.09. The molecule has 4 N–H and O–H groups in total. The van der Waals surface area contributed by atoms with Gasteiger partial charge in [-0.2, -0.15) is 0 Å². The highest BCUT2D eigenvalue weighted by molar-refractivity contribution is 6.30. The molecule has 0 bridgehead atoms. The van der Waals surface area contributed by atoms with E-state index in [1.165, 1.54) is 6.42 Å². The van der Waals surface area contributed by atoms with Gasteiger partial charge in [-0.15, -0.1) is 0 Å². The summed E-state index contributed by atoms with van der Waals surface area (Å²) in [4.78, 5) is 26.2. The molecule has 1 aliphatic rings. The molecule has 3 amide bonds. The van der Waals surface area contributed by atoms with Gasteiger partial charge in [-0.1, -0.05) is 23.7 Å². The molecule has 0 radical (unpaired) electrons. The lowest BCUT2D eigenvalue weighted by Gasteiger charge is -2.30. The van der Waals surface area contributed by atoms with Gasteiger partial charge in [0.1, 0.15) is 0 Å². The van der Waals surface area contributed by atoms with Crippen LogP contribution < -0.4 is 21.3 Å². The minimum Gasteiger partial charge on any atom is -0.370 e. The fourth-order valence-corrected chi connectivity index (χ4v) is 3.46. The van der Waals surface area contributed by atoms with Crippen LogP contribution in [-0.2, 0) is 6.42 Å². The van der Waals surface area contributed by atoms with E-state index in [4.69, 9.17) is 17.3 Å². The molecule has 1 heterocycles. The van der Waals surface area contributed by atoms with Gasteiger partial charge in [0.15, 0.2) is 0 Å². The largest absolute Gasteiger partial charge is 0.370 e. The van der Waals surface area contributed by atoms with Crippen LogP contribution in [-0.4, -0.2) is 31.6 Å². The first-order valence-corrected chi connectivity index (χ1v) is 9.89. The number of nitrogens with one attached hydrogen (secondary N) is 2. The summed E-state index contributed by atoms with van der Waals surface area (Å²) in [5, 5.41) is 6.42. The van der Waals surface area contributed by atoms with Crippen LogP contribution in [0, 0.1) is 0 Å². The maximum atomic E-state index is 12.4. The number of halogens is 1. The predicted octanol–water partition coefficient (Wildman–Crippen LogP) is 3.79. The first-order valence-electron chi connectivity index (χ1n) is 9.51. The number of urea groups is 1. The van der Waals surface area contributed by atoms with Gasteiger partial charge >= 0.3 is 6.03 Å². The Balaban J connectivity index is 1.64. The monoisotopic (exact) mass is 400 g/mol. The van der Waals surface area contributed by atoms with E-state index in [0.717, 1.165) is 37.2 Å². The molecule has 2 aromatic rings. The van der Waals surface area contributed by atoms with Crippen LogP contribution >= 0.6 is 11.6 Å². The molecule has 0 unspecified atom stereocenters. The first-order chi connectivity index (χ1) is 13.5. The molecule has 0 aliphatic carbocycles. The molecule has 2 aromatic carbocycles. The fraction of sp³-hybridized carbons (Fsp3) is 0.333. The van der Waals surface area contributed by atoms with Crippen molar-refractivity contribution < 1.29 is 9.59 Å². The van der Waals surface area contributed by atoms with Crippen LogP contribution in [0.25, 0.3) is 0 Å². The number of carbonyl (C=O) groups is 2. The van der Waals surface area contributed by atoms with Crippen molar-refractivity contribution in [3.05, 3.63) is 58.6 Å². The van der Waals surface area contributed by atoms with Crippen molar-refractivity contribution in [1.82, 2.24) is 5.32 Å². The second kappa shape index (κ2) is 9.46. The first kappa shape index (κ1) is 20.0. The van der Waals surface area contributed by atoms with Gasteiger partial charge in [-0.25, -0.2) is 4.79 Å². The minimum absolute atomic E-state index is 0.311. The SMILES string of the molecule is NC(=O)c1ccc(N2CCCCC2)c(NC(=O)NCCc2ccc(Cl)cc2)c1. The van der Waals surface area contributed by atoms with Crippen molar-refractivity contribution in [2.75, 3.05) is 29.9 Å². The number of nitrogens with two attached hydrogens (primary N) is 1. The van der Waals surface area contributed by atoms with Gasteiger partial charge in [-0.05, 0) is 61.6 Å². The summed E-state index contributed by atoms with van der Waals surface area (Å²) in [5.74, 6) is -0.517. The Bertz CT molecular complexity index is 833. The minimum atomic E-state index is -0.517. The normalized spacial score (nSPS) is 13.8. The lowest BCUT2D eigenvalue weighted by atomic mass is 10.1. The van der Waals surface area contributed by atoms with Crippen molar-refractivity contribution in [3.63, 3.8) is 0 Å². The quantitative estimate of drug-likeness (QED) is 0.689. The highest BCUT2D eigenvalue weighted by Crippen LogP contribution is 2.29. The number of primary amides is 1. The van der Waals surface area contributed by atoms with Gasteiger partial charge in [-0.3, -0.25) is 4.79 Å². The van der Waals surface area contributed by atoms with E-state index in [1.54, 1.807) is 12.1 Å². The Morgan fingerprint density at radius 3 is 2.43 bits per heavy atom. The molecule has 0 spiro atoms. The van der Waals surface area contributed by atoms with E-state index in [-0.39, 0.29) is 6.03 Å². The number of amides is 3. The number of hydrogen-bond acceptors (Lipinski definition) is 3. The van der Waals surface area contributed by atoms with E-state index in [0.29, 0.717) is 29.2 Å². The third kappa shape index (κ3) is 5.39. The van der Waals surface area contributed by atoms with Gasteiger partial charge in [0.05, 0.1) is 11.4 Å². The Hall–Kier alpha value is -2.73. The van der Waals surface area contributed by atoms with E-state index < -0.39 is 5.91 Å². The molecule has 148 valence electrons. The average Bonchev–Trinajstić information content (AvgIpc) is 2.70. The van der Waals surface area contributed by atoms with Gasteiger partial charge < -0.3 is 21.3 Å². The molecule has 1 fully saturated rings. The summed E-state index contributed by atoms with van der Waals surface area (Å²) >= 11 is 5.88. The zero-order valence-electron chi connectivity index (χ0n) is 15.7. The zero-order chi connectivity index (χ0) is 19.9. The molecular formula is C21H25ClN4O2. The number of rotatable bonds is 6. The van der Waals surface area contributed by atoms with Crippen molar-refractivity contribution in [1.29, 1.82) is 0 Å². The maximum absolute atomic E-state index is 12.4. The topological polar surface area (TPSA) is 87.5 Å². The van der Waals surface area contributed by atoms with Crippen LogP contribution in [0.15, 0.2) is 42.5 Å². The fourth-order valence-electron chi connectivity index (χ4n) is 3.34. The summed E-state index contributed by atoms with van der Waals surface area (Å²) in [6.45, 7) is 2.35. The predicted molar refractivity (Wildman–Crippen MR) is 113 cm³/mol. The van der Waals surface area contributed by atoms with Gasteiger partial charge in [0.2, 0.25) is 5.91 Å². The Kier molecular flexibility index (Phi) is 6.76. The number of carbonyl (C=O) groups excluding carboxylic acids is 2. The second-order valence-corrected chi connectivity index (χ2v) is 7.34. The van der Waals surface area contributed by atoms with Crippen molar-refractivity contribution in [2.45, 2.75) is 25.7 Å². The molecule has 28 heavy (non-hydrogen) atoms. The van der Waals surface area contributed by atoms with E-state index >= 15 is 0 Å². The number of benzene rings is 2. The van der Waals surface area contributed by atoms with E-state index in [2.05, 4.69) is 15.5 Å². The molecule has 7 heteroatoms. The molecule has 1 aliphatic heterocycles. The Morgan fingerprint density at radius 1 is 1.04 bits per heavy atom. The van der Waals surface area contributed by atoms with Crippen LogP contribution in [0.1, 0.15) is 35.2 Å². The second-order valence-electron chi connectivity index (χ2n) is 6.90. The summed E-state index contributed by atoms with van der Waals surface area (Å²) in [6, 6.07) is 12.4. The molecule has 6 nitrogen and oxygen atoms in total. The number of anilines is 2. The van der Waals surface area contributed by atoms with Crippen LogP contribution in [0.3, 0.4) is 0 Å². The standard InChI is InChI=1S/C21H25ClN4O2/c22-17-7-4-15(5-8-17)10-11-24-21(28)25-18-14-16(20(23)27)6-9-19(18)26-12-2-1-3-13-26/h4-9,14H,1-3,10-13H2,(H2,23,27)(H2,24,25,28). The lowest BCUT2D eigenvalue weighted by molar-refractivity contribution is 0.100. The highest BCUT2D eigenvalue weighted by Gasteiger charge is 2.17. The van der Waals surface area contributed by atoms with Crippen LogP contribution in [0.4, 0.5) is 16.2 Å².